The van der Waals surface area contributed by atoms with Gasteiger partial charge in [-0.05, 0) is 40.2 Å². The quantitative estimate of drug-likeness (QED) is 0.869. The molecule has 2 heterocycles. The summed E-state index contributed by atoms with van der Waals surface area (Å²) in [5.74, 6) is 0.966. The van der Waals surface area contributed by atoms with E-state index in [9.17, 15) is 0 Å². The van der Waals surface area contributed by atoms with Crippen LogP contribution in [0.4, 0.5) is 5.95 Å². The molecule has 0 aliphatic rings. The van der Waals surface area contributed by atoms with Gasteiger partial charge in [0.1, 0.15) is 0 Å². The van der Waals surface area contributed by atoms with Crippen molar-refractivity contribution in [2.24, 2.45) is 0 Å². The van der Waals surface area contributed by atoms with Gasteiger partial charge in [-0.25, -0.2) is 4.98 Å². The Morgan fingerprint density at radius 2 is 1.95 bits per heavy atom. The highest BCUT2D eigenvalue weighted by molar-refractivity contribution is 5.28. The fourth-order valence-electron chi connectivity index (χ4n) is 2.31. The molecule has 0 radical (unpaired) electrons. The molecule has 0 fully saturated rings. The number of nitrogens with zero attached hydrogens (tertiary/aromatic N) is 4. The lowest BCUT2D eigenvalue weighted by atomic mass is 10.4. The molecule has 2 aromatic rings. The number of imidazole rings is 1. The predicted molar refractivity (Wildman–Crippen MR) is 77.4 cm³/mol. The maximum absolute atomic E-state index is 4.48. The largest absolute Gasteiger partial charge is 0.356 e. The highest BCUT2D eigenvalue weighted by atomic mass is 15.3. The van der Waals surface area contributed by atoms with Gasteiger partial charge < -0.3 is 9.88 Å². The van der Waals surface area contributed by atoms with Crippen molar-refractivity contribution >= 4 is 5.95 Å². The van der Waals surface area contributed by atoms with Crippen molar-refractivity contribution in [1.29, 1.82) is 0 Å². The summed E-state index contributed by atoms with van der Waals surface area (Å²) in [5.41, 5.74) is 3.37. The van der Waals surface area contributed by atoms with Crippen LogP contribution in [-0.4, -0.2) is 25.9 Å². The average Bonchev–Trinajstić information content (AvgIpc) is 2.83. The summed E-state index contributed by atoms with van der Waals surface area (Å²) in [5, 5.41) is 7.77. The van der Waals surface area contributed by atoms with E-state index in [0.29, 0.717) is 0 Å². The third kappa shape index (κ3) is 3.36. The summed E-state index contributed by atoms with van der Waals surface area (Å²) in [6.07, 6.45) is 3.15. The van der Waals surface area contributed by atoms with E-state index in [1.807, 2.05) is 13.8 Å². The van der Waals surface area contributed by atoms with Crippen molar-refractivity contribution in [3.63, 3.8) is 0 Å². The zero-order valence-electron chi connectivity index (χ0n) is 12.3. The van der Waals surface area contributed by atoms with E-state index in [2.05, 4.69) is 50.8 Å². The Morgan fingerprint density at radius 3 is 2.58 bits per heavy atom. The van der Waals surface area contributed by atoms with Crippen LogP contribution >= 0.6 is 0 Å². The third-order valence-electron chi connectivity index (χ3n) is 3.10. The van der Waals surface area contributed by atoms with E-state index in [1.54, 1.807) is 0 Å². The lowest BCUT2D eigenvalue weighted by Gasteiger charge is -2.09. The molecule has 0 amide bonds. The van der Waals surface area contributed by atoms with Gasteiger partial charge >= 0.3 is 0 Å². The van der Waals surface area contributed by atoms with E-state index < -0.39 is 0 Å². The summed E-state index contributed by atoms with van der Waals surface area (Å²) < 4.78 is 4.26. The fraction of sp³-hybridized carbons (Fsp3) is 0.571. The van der Waals surface area contributed by atoms with Crippen LogP contribution < -0.4 is 5.32 Å². The van der Waals surface area contributed by atoms with E-state index >= 15 is 0 Å². The number of aromatic nitrogens is 4. The second kappa shape index (κ2) is 5.91. The molecule has 2 aromatic heterocycles. The number of hydrogen-bond donors (Lipinski definition) is 1. The number of nitrogens with one attached hydrogen (secondary N) is 1. The van der Waals surface area contributed by atoms with Gasteiger partial charge in [-0.15, -0.1) is 0 Å². The maximum Gasteiger partial charge on any atom is 0.203 e. The number of rotatable bonds is 6. The second-order valence-electron chi connectivity index (χ2n) is 4.93. The van der Waals surface area contributed by atoms with Crippen molar-refractivity contribution in [3.05, 3.63) is 29.3 Å². The standard InChI is InChI=1S/C14H23N5/c1-5-15-14-16-12(3)10-18(14)7-6-8-19-13(4)9-11(2)17-19/h9-10H,5-8H2,1-4H3,(H,15,16). The van der Waals surface area contributed by atoms with Crippen molar-refractivity contribution in [1.82, 2.24) is 19.3 Å². The number of aryl methyl sites for hydroxylation is 5. The molecule has 5 heteroatoms. The minimum absolute atomic E-state index is 0.897. The van der Waals surface area contributed by atoms with Gasteiger partial charge in [0.15, 0.2) is 0 Å². The van der Waals surface area contributed by atoms with Crippen molar-refractivity contribution in [2.45, 2.75) is 47.2 Å². The van der Waals surface area contributed by atoms with Crippen LogP contribution in [0.2, 0.25) is 0 Å². The van der Waals surface area contributed by atoms with E-state index in [4.69, 9.17) is 0 Å². The van der Waals surface area contributed by atoms with Gasteiger partial charge in [0.2, 0.25) is 5.95 Å². The fourth-order valence-corrected chi connectivity index (χ4v) is 2.31. The van der Waals surface area contributed by atoms with Gasteiger partial charge in [0.25, 0.3) is 0 Å². The normalized spacial score (nSPS) is 10.9. The Bertz CT molecular complexity index is 538. The van der Waals surface area contributed by atoms with Crippen LogP contribution in [0.5, 0.6) is 0 Å². The molecule has 0 unspecified atom stereocenters. The van der Waals surface area contributed by atoms with Crippen LogP contribution in [-0.2, 0) is 13.1 Å². The number of hydrogen-bond acceptors (Lipinski definition) is 3. The summed E-state index contributed by atoms with van der Waals surface area (Å²) in [4.78, 5) is 4.48. The molecular formula is C14H23N5. The molecule has 0 spiro atoms. The van der Waals surface area contributed by atoms with Crippen LogP contribution in [0, 0.1) is 20.8 Å². The van der Waals surface area contributed by atoms with E-state index in [0.717, 1.165) is 43.4 Å². The molecule has 0 saturated carbocycles. The van der Waals surface area contributed by atoms with Gasteiger partial charge in [-0.3, -0.25) is 4.68 Å². The molecule has 2 rings (SSSR count). The Kier molecular flexibility index (Phi) is 4.24. The van der Waals surface area contributed by atoms with Crippen LogP contribution in [0.1, 0.15) is 30.4 Å². The van der Waals surface area contributed by atoms with E-state index in [-0.39, 0.29) is 0 Å². The minimum atomic E-state index is 0.897. The summed E-state index contributed by atoms with van der Waals surface area (Å²) in [6.45, 7) is 11.1. The van der Waals surface area contributed by atoms with Gasteiger partial charge in [-0.2, -0.15) is 5.10 Å². The zero-order valence-corrected chi connectivity index (χ0v) is 12.3. The molecule has 19 heavy (non-hydrogen) atoms. The molecule has 0 saturated heterocycles. The van der Waals surface area contributed by atoms with Crippen LogP contribution in [0.15, 0.2) is 12.3 Å². The lowest BCUT2D eigenvalue weighted by molar-refractivity contribution is 0.518. The zero-order chi connectivity index (χ0) is 13.8. The second-order valence-corrected chi connectivity index (χ2v) is 4.93. The molecule has 0 bridgehead atoms. The summed E-state index contributed by atoms with van der Waals surface area (Å²) in [6, 6.07) is 2.12. The molecule has 0 aromatic carbocycles. The average molecular weight is 261 g/mol. The first kappa shape index (κ1) is 13.6. The van der Waals surface area contributed by atoms with Gasteiger partial charge in [0, 0.05) is 31.5 Å². The minimum Gasteiger partial charge on any atom is -0.356 e. The van der Waals surface area contributed by atoms with Crippen LogP contribution in [0.3, 0.4) is 0 Å². The first-order valence-electron chi connectivity index (χ1n) is 6.89. The van der Waals surface area contributed by atoms with E-state index in [1.165, 1.54) is 5.69 Å². The first-order valence-corrected chi connectivity index (χ1v) is 6.89. The Balaban J connectivity index is 1.93. The first-order chi connectivity index (χ1) is 9.10. The van der Waals surface area contributed by atoms with Crippen molar-refractivity contribution in [3.8, 4) is 0 Å². The number of anilines is 1. The lowest BCUT2D eigenvalue weighted by Crippen LogP contribution is -2.09. The van der Waals surface area contributed by atoms with Crippen LogP contribution in [0.25, 0.3) is 0 Å². The highest BCUT2D eigenvalue weighted by Crippen LogP contribution is 2.10. The molecule has 5 nitrogen and oxygen atoms in total. The molecule has 0 aliphatic carbocycles. The Morgan fingerprint density at radius 1 is 1.16 bits per heavy atom. The van der Waals surface area contributed by atoms with Gasteiger partial charge in [-0.1, -0.05) is 0 Å². The monoisotopic (exact) mass is 261 g/mol. The smallest absolute Gasteiger partial charge is 0.203 e. The molecule has 0 atom stereocenters. The van der Waals surface area contributed by atoms with Gasteiger partial charge in [0.05, 0.1) is 11.4 Å². The van der Waals surface area contributed by atoms with Crippen molar-refractivity contribution < 1.29 is 0 Å². The molecule has 104 valence electrons. The third-order valence-corrected chi connectivity index (χ3v) is 3.10. The molecule has 0 aliphatic heterocycles. The summed E-state index contributed by atoms with van der Waals surface area (Å²) in [7, 11) is 0. The molecular weight excluding hydrogens is 238 g/mol. The predicted octanol–water partition coefficient (Wildman–Crippen LogP) is 2.53. The Hall–Kier alpha value is -1.78. The topological polar surface area (TPSA) is 47.7 Å². The Labute approximate surface area is 114 Å². The molecule has 1 N–H and O–H groups in total. The van der Waals surface area contributed by atoms with Crippen molar-refractivity contribution in [2.75, 3.05) is 11.9 Å². The summed E-state index contributed by atoms with van der Waals surface area (Å²) >= 11 is 0. The highest BCUT2D eigenvalue weighted by Gasteiger charge is 2.05. The SMILES string of the molecule is CCNc1nc(C)cn1CCCn1nc(C)cc1C. The maximum atomic E-state index is 4.48.